The quantitative estimate of drug-likeness (QED) is 0.0222. The summed E-state index contributed by atoms with van der Waals surface area (Å²) in [6.07, 6.45) is 29.7. The molecule has 0 aliphatic rings. The highest BCUT2D eigenvalue weighted by Crippen LogP contribution is 2.45. The maximum Gasteiger partial charge on any atom is 0.472 e. The zero-order valence-corrected chi connectivity index (χ0v) is 51.9. The highest BCUT2D eigenvalue weighted by molar-refractivity contribution is 7.47. The van der Waals surface area contributed by atoms with Gasteiger partial charge in [-0.25, -0.2) is 9.13 Å². The average Bonchev–Trinajstić information content (AvgIpc) is 3.38. The Morgan fingerprint density at radius 2 is 0.590 bits per heavy atom. The molecule has 0 aliphatic carbocycles. The number of phosphoric ester groups is 2. The molecule has 0 aliphatic heterocycles. The molecule has 0 radical (unpaired) electrons. The molecule has 0 rings (SSSR count). The Balaban J connectivity index is 5.23. The van der Waals surface area contributed by atoms with Gasteiger partial charge in [-0.3, -0.25) is 37.3 Å². The van der Waals surface area contributed by atoms with Gasteiger partial charge in [0, 0.05) is 25.7 Å². The van der Waals surface area contributed by atoms with Crippen molar-refractivity contribution in [3.05, 3.63) is 0 Å². The molecule has 0 saturated carbocycles. The third-order valence-corrected chi connectivity index (χ3v) is 15.3. The molecule has 0 spiro atoms. The molecule has 17 nitrogen and oxygen atoms in total. The van der Waals surface area contributed by atoms with Crippen LogP contribution in [0.1, 0.15) is 280 Å². The zero-order chi connectivity index (χ0) is 58.1. The molecule has 19 heteroatoms. The second-order valence-corrected chi connectivity index (χ2v) is 25.7. The van der Waals surface area contributed by atoms with E-state index < -0.39 is 97.5 Å². The summed E-state index contributed by atoms with van der Waals surface area (Å²) >= 11 is 0. The molecule has 3 N–H and O–H groups in total. The van der Waals surface area contributed by atoms with Crippen LogP contribution in [0.5, 0.6) is 0 Å². The van der Waals surface area contributed by atoms with E-state index in [4.69, 9.17) is 37.0 Å². The summed E-state index contributed by atoms with van der Waals surface area (Å²) < 4.78 is 67.7. The van der Waals surface area contributed by atoms with Crippen LogP contribution < -0.4 is 0 Å². The number of ether oxygens (including phenoxy) is 4. The number of esters is 4. The fourth-order valence-corrected chi connectivity index (χ4v) is 10.2. The van der Waals surface area contributed by atoms with Gasteiger partial charge in [0.15, 0.2) is 12.2 Å². The van der Waals surface area contributed by atoms with Gasteiger partial charge >= 0.3 is 39.5 Å². The summed E-state index contributed by atoms with van der Waals surface area (Å²) in [6.45, 7) is 11.5. The smallest absolute Gasteiger partial charge is 0.462 e. The van der Waals surface area contributed by atoms with Gasteiger partial charge in [-0.1, -0.05) is 228 Å². The molecule has 0 heterocycles. The van der Waals surface area contributed by atoms with Crippen LogP contribution in [0.2, 0.25) is 0 Å². The lowest BCUT2D eigenvalue weighted by Gasteiger charge is -2.21. The lowest BCUT2D eigenvalue weighted by atomic mass is 10.0. The van der Waals surface area contributed by atoms with Gasteiger partial charge < -0.3 is 33.8 Å². The van der Waals surface area contributed by atoms with Crippen LogP contribution in [0, 0.1) is 17.8 Å². The van der Waals surface area contributed by atoms with Crippen molar-refractivity contribution in [3.8, 4) is 0 Å². The maximum atomic E-state index is 12.9. The maximum absolute atomic E-state index is 12.9. The first-order valence-corrected chi connectivity index (χ1v) is 33.8. The second kappa shape index (κ2) is 50.8. The number of rotatable bonds is 57. The number of hydrogen-bond acceptors (Lipinski definition) is 15. The molecule has 0 amide bonds. The molecular weight excluding hydrogens is 1040 g/mol. The molecule has 0 aromatic rings. The summed E-state index contributed by atoms with van der Waals surface area (Å²) in [5.41, 5.74) is 0. The topological polar surface area (TPSA) is 237 Å². The second-order valence-electron chi connectivity index (χ2n) is 22.8. The van der Waals surface area contributed by atoms with Gasteiger partial charge in [0.2, 0.25) is 0 Å². The van der Waals surface area contributed by atoms with E-state index in [0.717, 1.165) is 109 Å². The summed E-state index contributed by atoms with van der Waals surface area (Å²) in [4.78, 5) is 71.8. The van der Waals surface area contributed by atoms with Gasteiger partial charge in [-0.2, -0.15) is 0 Å². The summed E-state index contributed by atoms with van der Waals surface area (Å²) in [5.74, 6) is -0.0660. The highest BCUT2D eigenvalue weighted by atomic mass is 31.2. The van der Waals surface area contributed by atoms with E-state index in [-0.39, 0.29) is 25.7 Å². The van der Waals surface area contributed by atoms with Gasteiger partial charge in [0.05, 0.1) is 26.4 Å². The summed E-state index contributed by atoms with van der Waals surface area (Å²) in [7, 11) is -9.87. The third kappa shape index (κ3) is 53.4. The molecule has 0 aromatic heterocycles. The minimum absolute atomic E-state index is 0.101. The van der Waals surface area contributed by atoms with Crippen molar-refractivity contribution in [1.29, 1.82) is 0 Å². The minimum Gasteiger partial charge on any atom is -0.462 e. The fourth-order valence-electron chi connectivity index (χ4n) is 8.60. The Morgan fingerprint density at radius 3 is 0.872 bits per heavy atom. The van der Waals surface area contributed by atoms with Crippen molar-refractivity contribution in [2.45, 2.75) is 298 Å². The van der Waals surface area contributed by atoms with Gasteiger partial charge in [-0.15, -0.1) is 0 Å². The van der Waals surface area contributed by atoms with Crippen LogP contribution >= 0.6 is 15.6 Å². The predicted octanol–water partition coefficient (Wildman–Crippen LogP) is 15.6. The first-order chi connectivity index (χ1) is 37.2. The van der Waals surface area contributed by atoms with E-state index in [1.807, 2.05) is 0 Å². The number of aliphatic hydroxyl groups is 1. The predicted molar refractivity (Wildman–Crippen MR) is 308 cm³/mol. The van der Waals surface area contributed by atoms with Crippen LogP contribution in [-0.2, 0) is 65.4 Å². The van der Waals surface area contributed by atoms with E-state index in [9.17, 15) is 43.2 Å². The Labute approximate surface area is 473 Å². The van der Waals surface area contributed by atoms with Crippen LogP contribution in [0.15, 0.2) is 0 Å². The number of carbonyl (C=O) groups excluding carboxylic acids is 4. The Kier molecular flexibility index (Phi) is 49.5. The fraction of sp³-hybridized carbons (Fsp3) is 0.932. The van der Waals surface area contributed by atoms with Crippen molar-refractivity contribution in [3.63, 3.8) is 0 Å². The highest BCUT2D eigenvalue weighted by Gasteiger charge is 2.30. The number of phosphoric acid groups is 2. The standard InChI is InChI=1S/C59H114O17P2/c1-8-9-10-11-12-17-26-33-40-56(61)69-46-55(76-59(64)43-36-29-22-20-25-32-39-52(6)7)49-74-78(67,68)72-45-53(60)44-71-77(65,66)73-48-54(47-70-57(62)41-34-27-21-19-24-31-38-51(4)5)75-58(63)42-35-28-18-15-13-14-16-23-30-37-50(2)3/h50-55,60H,8-49H2,1-7H3,(H,65,66)(H,67,68)/t53-,54-,55-/m1/s1. The van der Waals surface area contributed by atoms with Crippen LogP contribution in [-0.4, -0.2) is 96.7 Å². The van der Waals surface area contributed by atoms with Crippen LogP contribution in [0.25, 0.3) is 0 Å². The number of carbonyl (C=O) groups is 4. The third-order valence-electron chi connectivity index (χ3n) is 13.4. The molecule has 5 atom stereocenters. The van der Waals surface area contributed by atoms with Crippen LogP contribution in [0.3, 0.4) is 0 Å². The first-order valence-electron chi connectivity index (χ1n) is 30.8. The first kappa shape index (κ1) is 76.1. The lowest BCUT2D eigenvalue weighted by Crippen LogP contribution is -2.30. The number of hydrogen-bond donors (Lipinski definition) is 3. The van der Waals surface area contributed by atoms with Crippen molar-refractivity contribution in [2.24, 2.45) is 17.8 Å². The number of aliphatic hydroxyl groups excluding tert-OH is 1. The summed E-state index contributed by atoms with van der Waals surface area (Å²) in [6, 6.07) is 0. The van der Waals surface area contributed by atoms with Crippen molar-refractivity contribution >= 4 is 39.5 Å². The minimum atomic E-state index is -4.94. The van der Waals surface area contributed by atoms with Crippen molar-refractivity contribution in [1.82, 2.24) is 0 Å². The number of unbranched alkanes of at least 4 members (excludes halogenated alkanes) is 25. The lowest BCUT2D eigenvalue weighted by molar-refractivity contribution is -0.161. The molecular formula is C59H114O17P2. The van der Waals surface area contributed by atoms with Crippen molar-refractivity contribution < 1.29 is 80.2 Å². The molecule has 0 fully saturated rings. The Hall–Kier alpha value is -1.94. The Bertz CT molecular complexity index is 1560. The molecule has 462 valence electrons. The van der Waals surface area contributed by atoms with Crippen LogP contribution in [0.4, 0.5) is 0 Å². The normalized spacial score (nSPS) is 14.5. The largest absolute Gasteiger partial charge is 0.472 e. The summed E-state index contributed by atoms with van der Waals surface area (Å²) in [5, 5.41) is 10.5. The van der Waals surface area contributed by atoms with Gasteiger partial charge in [-0.05, 0) is 43.4 Å². The van der Waals surface area contributed by atoms with Gasteiger partial charge in [0.25, 0.3) is 0 Å². The Morgan fingerprint density at radius 1 is 0.346 bits per heavy atom. The van der Waals surface area contributed by atoms with Crippen molar-refractivity contribution in [2.75, 3.05) is 39.6 Å². The molecule has 0 bridgehead atoms. The van der Waals surface area contributed by atoms with E-state index in [1.165, 1.54) is 77.0 Å². The van der Waals surface area contributed by atoms with Gasteiger partial charge in [0.1, 0.15) is 19.3 Å². The van der Waals surface area contributed by atoms with E-state index in [2.05, 4.69) is 48.5 Å². The molecule has 0 aromatic carbocycles. The molecule has 0 saturated heterocycles. The SMILES string of the molecule is CCCCCCCCCCC(=O)OC[C@H](COP(=O)(O)OC[C@H](O)COP(=O)(O)OC[C@@H](COC(=O)CCCCCCCCC(C)C)OC(=O)CCCCCCCCCCCC(C)C)OC(=O)CCCCCCCCC(C)C. The zero-order valence-electron chi connectivity index (χ0n) is 50.1. The average molecular weight is 1160 g/mol. The molecule has 2 unspecified atom stereocenters. The van der Waals surface area contributed by atoms with E-state index >= 15 is 0 Å². The monoisotopic (exact) mass is 1160 g/mol. The molecule has 78 heavy (non-hydrogen) atoms. The van der Waals surface area contributed by atoms with E-state index in [1.54, 1.807) is 0 Å². The van der Waals surface area contributed by atoms with E-state index in [0.29, 0.717) is 37.5 Å².